The van der Waals surface area contributed by atoms with E-state index in [0.717, 1.165) is 18.8 Å². The van der Waals surface area contributed by atoms with Crippen LogP contribution in [0.2, 0.25) is 0 Å². The topological polar surface area (TPSA) is 83.3 Å². The minimum absolute atomic E-state index is 0.178. The molecule has 2 aromatic heterocycles. The van der Waals surface area contributed by atoms with Gasteiger partial charge in [-0.25, -0.2) is 4.98 Å². The molecule has 0 spiro atoms. The van der Waals surface area contributed by atoms with E-state index in [1.807, 2.05) is 24.2 Å². The molecule has 1 amide bonds. The van der Waals surface area contributed by atoms with Gasteiger partial charge in [-0.1, -0.05) is 0 Å². The molecule has 2 aromatic rings. The van der Waals surface area contributed by atoms with E-state index >= 15 is 0 Å². The van der Waals surface area contributed by atoms with Crippen LogP contribution >= 0.6 is 0 Å². The molecule has 1 fully saturated rings. The number of hydrogen-bond donors (Lipinski definition) is 2. The maximum Gasteiger partial charge on any atom is 0.267 e. The van der Waals surface area contributed by atoms with E-state index < -0.39 is 5.60 Å². The van der Waals surface area contributed by atoms with Crippen molar-refractivity contribution in [1.29, 1.82) is 0 Å². The lowest BCUT2D eigenvalue weighted by molar-refractivity contribution is 0.0253. The number of nitrogens with one attached hydrogen (secondary N) is 1. The number of rotatable bonds is 4. The highest BCUT2D eigenvalue weighted by Crippen LogP contribution is 2.24. The highest BCUT2D eigenvalue weighted by atomic mass is 16.3. The van der Waals surface area contributed by atoms with Crippen LogP contribution in [-0.4, -0.2) is 50.8 Å². The van der Waals surface area contributed by atoms with Crippen molar-refractivity contribution in [2.24, 2.45) is 7.05 Å². The van der Waals surface area contributed by atoms with Gasteiger partial charge in [-0.3, -0.25) is 9.78 Å². The summed E-state index contributed by atoms with van der Waals surface area (Å²) in [5.41, 5.74) is -0.383. The predicted molar refractivity (Wildman–Crippen MR) is 86.2 cm³/mol. The molecule has 0 aliphatic carbocycles. The molecule has 2 N–H and O–H groups in total. The van der Waals surface area contributed by atoms with Gasteiger partial charge in [-0.2, -0.15) is 0 Å². The fraction of sp³-hybridized carbons (Fsp3) is 0.438. The average Bonchev–Trinajstić information content (AvgIpc) is 3.00. The number of aliphatic hydroxyl groups is 1. The first-order chi connectivity index (χ1) is 11.1. The van der Waals surface area contributed by atoms with Crippen molar-refractivity contribution >= 4 is 11.7 Å². The first kappa shape index (κ1) is 15.5. The van der Waals surface area contributed by atoms with Gasteiger partial charge in [0, 0.05) is 45.3 Å². The summed E-state index contributed by atoms with van der Waals surface area (Å²) < 4.78 is 1.76. The fourth-order valence-electron chi connectivity index (χ4n) is 2.94. The van der Waals surface area contributed by atoms with Gasteiger partial charge in [0.1, 0.15) is 11.5 Å². The molecule has 3 rings (SSSR count). The van der Waals surface area contributed by atoms with E-state index in [0.29, 0.717) is 18.7 Å². The standard InChI is InChI=1S/C16H21N5O2/c1-20-8-2-4-13(20)15(22)19-11-16(23)5-3-9-21(12-16)14-10-17-6-7-18-14/h2,4,6-8,10,23H,3,5,9,11-12H2,1H3,(H,19,22)/t16-/m0/s1. The molecular formula is C16H21N5O2. The summed E-state index contributed by atoms with van der Waals surface area (Å²) in [4.78, 5) is 22.5. The number of piperidine rings is 1. The van der Waals surface area contributed by atoms with Gasteiger partial charge >= 0.3 is 0 Å². The van der Waals surface area contributed by atoms with E-state index in [1.54, 1.807) is 29.2 Å². The second-order valence-corrected chi connectivity index (χ2v) is 6.00. The van der Waals surface area contributed by atoms with E-state index in [-0.39, 0.29) is 12.5 Å². The molecular weight excluding hydrogens is 294 g/mol. The summed E-state index contributed by atoms with van der Waals surface area (Å²) in [6.45, 7) is 1.47. The number of carbonyl (C=O) groups is 1. The molecule has 0 radical (unpaired) electrons. The Labute approximate surface area is 135 Å². The Kier molecular flexibility index (Phi) is 4.29. The highest BCUT2D eigenvalue weighted by Gasteiger charge is 2.34. The zero-order valence-electron chi connectivity index (χ0n) is 13.1. The number of hydrogen-bond acceptors (Lipinski definition) is 5. The van der Waals surface area contributed by atoms with E-state index in [4.69, 9.17) is 0 Å². The first-order valence-electron chi connectivity index (χ1n) is 7.70. The SMILES string of the molecule is Cn1cccc1C(=O)NC[C@@]1(O)CCCN(c2cnccn2)C1. The van der Waals surface area contributed by atoms with Crippen LogP contribution in [0, 0.1) is 0 Å². The third-order valence-corrected chi connectivity index (χ3v) is 4.18. The van der Waals surface area contributed by atoms with Crippen LogP contribution in [0.1, 0.15) is 23.3 Å². The molecule has 7 heteroatoms. The summed E-state index contributed by atoms with van der Waals surface area (Å²) in [5, 5.41) is 13.6. The van der Waals surface area contributed by atoms with Crippen LogP contribution in [-0.2, 0) is 7.05 Å². The molecule has 0 saturated carbocycles. The molecule has 1 atom stereocenters. The largest absolute Gasteiger partial charge is 0.386 e. The smallest absolute Gasteiger partial charge is 0.267 e. The lowest BCUT2D eigenvalue weighted by Crippen LogP contribution is -2.54. The Morgan fingerprint density at radius 2 is 2.35 bits per heavy atom. The monoisotopic (exact) mass is 315 g/mol. The Balaban J connectivity index is 1.62. The zero-order valence-corrected chi connectivity index (χ0v) is 13.1. The Bertz CT molecular complexity index is 672. The van der Waals surface area contributed by atoms with Crippen LogP contribution in [0.4, 0.5) is 5.82 Å². The van der Waals surface area contributed by atoms with Gasteiger partial charge in [0.15, 0.2) is 0 Å². The number of carbonyl (C=O) groups excluding carboxylic acids is 1. The number of aromatic nitrogens is 3. The van der Waals surface area contributed by atoms with Crippen molar-refractivity contribution in [1.82, 2.24) is 19.9 Å². The maximum absolute atomic E-state index is 12.2. The molecule has 0 unspecified atom stereocenters. The lowest BCUT2D eigenvalue weighted by Gasteiger charge is -2.39. The van der Waals surface area contributed by atoms with Crippen molar-refractivity contribution in [2.45, 2.75) is 18.4 Å². The Morgan fingerprint density at radius 3 is 3.04 bits per heavy atom. The minimum atomic E-state index is -0.962. The Hall–Kier alpha value is -2.41. The number of anilines is 1. The fourth-order valence-corrected chi connectivity index (χ4v) is 2.94. The summed E-state index contributed by atoms with van der Waals surface area (Å²) in [6.07, 6.45) is 8.26. The Morgan fingerprint density at radius 1 is 1.48 bits per heavy atom. The summed E-state index contributed by atoms with van der Waals surface area (Å²) in [7, 11) is 1.82. The van der Waals surface area contributed by atoms with Crippen molar-refractivity contribution < 1.29 is 9.90 Å². The second kappa shape index (κ2) is 6.37. The average molecular weight is 315 g/mol. The summed E-state index contributed by atoms with van der Waals surface area (Å²) in [6, 6.07) is 3.58. The molecule has 1 aliphatic rings. The van der Waals surface area contributed by atoms with Crippen molar-refractivity contribution in [3.05, 3.63) is 42.6 Å². The minimum Gasteiger partial charge on any atom is -0.386 e. The van der Waals surface area contributed by atoms with Gasteiger partial charge in [-0.05, 0) is 25.0 Å². The number of aryl methyl sites for hydroxylation is 1. The van der Waals surface area contributed by atoms with E-state index in [2.05, 4.69) is 15.3 Å². The molecule has 1 saturated heterocycles. The zero-order chi connectivity index (χ0) is 16.3. The number of nitrogens with zero attached hydrogens (tertiary/aromatic N) is 4. The third kappa shape index (κ3) is 3.50. The van der Waals surface area contributed by atoms with Crippen LogP contribution < -0.4 is 10.2 Å². The van der Waals surface area contributed by atoms with Crippen molar-refractivity contribution in [2.75, 3.05) is 24.5 Å². The quantitative estimate of drug-likeness (QED) is 0.862. The number of amides is 1. The highest BCUT2D eigenvalue weighted by molar-refractivity contribution is 5.92. The molecule has 1 aliphatic heterocycles. The van der Waals surface area contributed by atoms with Crippen molar-refractivity contribution in [3.63, 3.8) is 0 Å². The molecule has 0 bridgehead atoms. The number of β-amino-alcohol motifs (C(OH)–C–C–N with tert-alkyl or cyclic N) is 1. The molecule has 23 heavy (non-hydrogen) atoms. The molecule has 3 heterocycles. The third-order valence-electron chi connectivity index (χ3n) is 4.18. The van der Waals surface area contributed by atoms with Crippen LogP contribution in [0.25, 0.3) is 0 Å². The van der Waals surface area contributed by atoms with Gasteiger partial charge < -0.3 is 19.9 Å². The van der Waals surface area contributed by atoms with Crippen molar-refractivity contribution in [3.8, 4) is 0 Å². The van der Waals surface area contributed by atoms with Crippen LogP contribution in [0.15, 0.2) is 36.9 Å². The van der Waals surface area contributed by atoms with Crippen LogP contribution in [0.5, 0.6) is 0 Å². The normalized spacial score (nSPS) is 21.2. The lowest BCUT2D eigenvalue weighted by atomic mass is 9.92. The molecule has 0 aromatic carbocycles. The van der Waals surface area contributed by atoms with Gasteiger partial charge in [0.2, 0.25) is 0 Å². The first-order valence-corrected chi connectivity index (χ1v) is 7.70. The molecule has 122 valence electrons. The van der Waals surface area contributed by atoms with Gasteiger partial charge in [0.25, 0.3) is 5.91 Å². The second-order valence-electron chi connectivity index (χ2n) is 6.00. The van der Waals surface area contributed by atoms with E-state index in [1.165, 1.54) is 0 Å². The van der Waals surface area contributed by atoms with Gasteiger partial charge in [-0.15, -0.1) is 0 Å². The van der Waals surface area contributed by atoms with Crippen LogP contribution in [0.3, 0.4) is 0 Å². The van der Waals surface area contributed by atoms with E-state index in [9.17, 15) is 9.90 Å². The molecule has 7 nitrogen and oxygen atoms in total. The summed E-state index contributed by atoms with van der Waals surface area (Å²) in [5.74, 6) is 0.571. The predicted octanol–water partition coefficient (Wildman–Crippen LogP) is 0.576. The van der Waals surface area contributed by atoms with Gasteiger partial charge in [0.05, 0.1) is 11.8 Å². The summed E-state index contributed by atoms with van der Waals surface area (Å²) >= 11 is 0. The maximum atomic E-state index is 12.2.